The summed E-state index contributed by atoms with van der Waals surface area (Å²) in [7, 11) is 0. The molecule has 48 heavy (non-hydrogen) atoms. The minimum absolute atomic E-state index is 0.418. The lowest BCUT2D eigenvalue weighted by molar-refractivity contribution is 0.669. The molecule has 0 N–H and O–H groups in total. The van der Waals surface area contributed by atoms with E-state index in [1.807, 2.05) is 23.5 Å². The van der Waals surface area contributed by atoms with Crippen LogP contribution < -0.4 is 4.90 Å². The molecule has 0 saturated carbocycles. The highest BCUT2D eigenvalue weighted by molar-refractivity contribution is 7.22. The van der Waals surface area contributed by atoms with Crippen molar-refractivity contribution in [2.75, 3.05) is 4.90 Å². The molecule has 2 heterocycles. The maximum absolute atomic E-state index is 6.43. The molecular weight excluding hydrogens is 603 g/mol. The summed E-state index contributed by atoms with van der Waals surface area (Å²) in [6.07, 6.45) is 0. The average molecular weight is 630 g/mol. The number of rotatable bonds is 3. The fraction of sp³-hybridized carbons (Fsp3) is 0.0222. The molecule has 1 spiro atoms. The van der Waals surface area contributed by atoms with Gasteiger partial charge in [0, 0.05) is 43.4 Å². The number of thiophene rings is 1. The van der Waals surface area contributed by atoms with Crippen molar-refractivity contribution in [1.82, 2.24) is 0 Å². The summed E-state index contributed by atoms with van der Waals surface area (Å²) >= 11 is 1.92. The molecule has 2 aromatic heterocycles. The topological polar surface area (TPSA) is 16.4 Å². The van der Waals surface area contributed by atoms with Crippen LogP contribution in [0.1, 0.15) is 22.3 Å². The molecule has 2 aliphatic carbocycles. The number of benzene rings is 7. The molecule has 224 valence electrons. The summed E-state index contributed by atoms with van der Waals surface area (Å²) in [6, 6.07) is 59.7. The summed E-state index contributed by atoms with van der Waals surface area (Å²) in [5.74, 6) is 0. The summed E-state index contributed by atoms with van der Waals surface area (Å²) in [4.78, 5) is 3.77. The zero-order valence-corrected chi connectivity index (χ0v) is 26.7. The van der Waals surface area contributed by atoms with Crippen LogP contribution in [0.4, 0.5) is 17.1 Å². The number of hydrogen-bond acceptors (Lipinski definition) is 3. The highest BCUT2D eigenvalue weighted by Crippen LogP contribution is 2.67. The summed E-state index contributed by atoms with van der Waals surface area (Å²) in [5.41, 5.74) is 14.1. The zero-order chi connectivity index (χ0) is 31.4. The van der Waals surface area contributed by atoms with Crippen molar-refractivity contribution >= 4 is 60.4 Å². The Labute approximate surface area is 281 Å². The van der Waals surface area contributed by atoms with Gasteiger partial charge in [-0.05, 0) is 81.2 Å². The highest BCUT2D eigenvalue weighted by Gasteiger charge is 2.54. The number of para-hydroxylation sites is 2. The molecule has 11 rings (SSSR count). The first kappa shape index (κ1) is 26.2. The lowest BCUT2D eigenvalue weighted by Crippen LogP contribution is -2.26. The Kier molecular flexibility index (Phi) is 5.22. The first-order chi connectivity index (χ1) is 23.8. The Morgan fingerprint density at radius 2 is 1.12 bits per heavy atom. The Morgan fingerprint density at radius 1 is 0.479 bits per heavy atom. The fourth-order valence-corrected chi connectivity index (χ4v) is 9.99. The van der Waals surface area contributed by atoms with Crippen molar-refractivity contribution < 1.29 is 4.42 Å². The fourth-order valence-electron chi connectivity index (χ4n) is 8.66. The number of hydrogen-bond donors (Lipinski definition) is 0. The number of nitrogens with zero attached hydrogens (tertiary/aromatic N) is 1. The van der Waals surface area contributed by atoms with Crippen LogP contribution in [-0.4, -0.2) is 0 Å². The second kappa shape index (κ2) is 9.57. The van der Waals surface area contributed by atoms with Crippen molar-refractivity contribution in [1.29, 1.82) is 0 Å². The second-order valence-electron chi connectivity index (χ2n) is 12.8. The van der Waals surface area contributed by atoms with E-state index in [1.54, 1.807) is 0 Å². The highest BCUT2D eigenvalue weighted by atomic mass is 32.1. The molecule has 2 nitrogen and oxygen atoms in total. The third-order valence-electron chi connectivity index (χ3n) is 10.5. The van der Waals surface area contributed by atoms with E-state index in [0.29, 0.717) is 0 Å². The summed E-state index contributed by atoms with van der Waals surface area (Å²) < 4.78 is 7.75. The molecule has 2 aliphatic rings. The predicted molar refractivity (Wildman–Crippen MR) is 200 cm³/mol. The van der Waals surface area contributed by atoms with Gasteiger partial charge >= 0.3 is 0 Å². The van der Waals surface area contributed by atoms with Gasteiger partial charge in [-0.2, -0.15) is 0 Å². The largest absolute Gasteiger partial charge is 0.456 e. The summed E-state index contributed by atoms with van der Waals surface area (Å²) in [6.45, 7) is 0. The number of furan rings is 1. The molecule has 0 amide bonds. The van der Waals surface area contributed by atoms with E-state index in [9.17, 15) is 0 Å². The van der Waals surface area contributed by atoms with Gasteiger partial charge in [0.1, 0.15) is 11.2 Å². The third-order valence-corrected chi connectivity index (χ3v) is 11.7. The molecule has 0 aliphatic heterocycles. The minimum Gasteiger partial charge on any atom is -0.456 e. The molecule has 0 atom stereocenters. The van der Waals surface area contributed by atoms with Crippen LogP contribution in [0, 0.1) is 0 Å². The normalized spacial score (nSPS) is 13.6. The van der Waals surface area contributed by atoms with Gasteiger partial charge < -0.3 is 9.32 Å². The molecule has 0 saturated heterocycles. The van der Waals surface area contributed by atoms with Gasteiger partial charge in [-0.15, -0.1) is 11.3 Å². The van der Waals surface area contributed by atoms with Crippen LogP contribution in [0.15, 0.2) is 168 Å². The van der Waals surface area contributed by atoms with Crippen LogP contribution in [0.25, 0.3) is 53.6 Å². The van der Waals surface area contributed by atoms with Crippen molar-refractivity contribution in [2.45, 2.75) is 5.41 Å². The van der Waals surface area contributed by atoms with Gasteiger partial charge in [0.2, 0.25) is 0 Å². The first-order valence-electron chi connectivity index (χ1n) is 16.4. The van der Waals surface area contributed by atoms with E-state index in [2.05, 4.69) is 157 Å². The van der Waals surface area contributed by atoms with E-state index >= 15 is 0 Å². The molecule has 0 unspecified atom stereocenters. The SMILES string of the molecule is c1ccc(N(c2ccc3c(c2)oc2ccccc23)c2cccc3c2-c2sc4ccccc4c2C32c3ccccc3-c3ccccc32)cc1. The quantitative estimate of drug-likeness (QED) is 0.193. The maximum atomic E-state index is 6.43. The molecule has 0 radical (unpaired) electrons. The van der Waals surface area contributed by atoms with E-state index in [1.165, 1.54) is 59.6 Å². The monoisotopic (exact) mass is 629 g/mol. The van der Waals surface area contributed by atoms with Gasteiger partial charge in [0.05, 0.1) is 11.1 Å². The lowest BCUT2D eigenvalue weighted by Gasteiger charge is -2.32. The average Bonchev–Trinajstić information content (AvgIpc) is 3.87. The number of anilines is 3. The number of fused-ring (bicyclic) bond motifs is 15. The maximum Gasteiger partial charge on any atom is 0.137 e. The molecule has 0 fully saturated rings. The summed E-state index contributed by atoms with van der Waals surface area (Å²) in [5, 5.41) is 3.60. The van der Waals surface area contributed by atoms with Crippen molar-refractivity contribution in [3.63, 3.8) is 0 Å². The Hall–Kier alpha value is -5.90. The standard InChI is InChI=1S/C45H27NOS/c1-2-13-28(14-3-1)46(29-25-26-33-32-17-6-10-23-39(32)47-40(33)27-29)38-22-12-21-37-42(38)44-43(34-18-7-11-24-41(34)48-44)45(37)35-19-8-4-15-30(35)31-16-5-9-20-36(31)45/h1-27H. The van der Waals surface area contributed by atoms with Crippen LogP contribution in [0.3, 0.4) is 0 Å². The smallest absolute Gasteiger partial charge is 0.137 e. The molecule has 0 bridgehead atoms. The van der Waals surface area contributed by atoms with Gasteiger partial charge in [0.25, 0.3) is 0 Å². The predicted octanol–water partition coefficient (Wildman–Crippen LogP) is 12.6. The molecule has 7 aromatic carbocycles. The second-order valence-corrected chi connectivity index (χ2v) is 13.8. The van der Waals surface area contributed by atoms with Gasteiger partial charge in [-0.1, -0.05) is 115 Å². The van der Waals surface area contributed by atoms with E-state index in [0.717, 1.165) is 33.3 Å². The Bertz CT molecular complexity index is 2710. The van der Waals surface area contributed by atoms with Gasteiger partial charge in [-0.25, -0.2) is 0 Å². The van der Waals surface area contributed by atoms with Crippen LogP contribution in [0.5, 0.6) is 0 Å². The van der Waals surface area contributed by atoms with Crippen molar-refractivity contribution in [3.8, 4) is 21.6 Å². The van der Waals surface area contributed by atoms with E-state index < -0.39 is 5.41 Å². The zero-order valence-electron chi connectivity index (χ0n) is 25.9. The van der Waals surface area contributed by atoms with Crippen LogP contribution in [-0.2, 0) is 5.41 Å². The van der Waals surface area contributed by atoms with Crippen LogP contribution in [0.2, 0.25) is 0 Å². The van der Waals surface area contributed by atoms with E-state index in [4.69, 9.17) is 4.42 Å². The molecular formula is C45H27NOS. The minimum atomic E-state index is -0.418. The van der Waals surface area contributed by atoms with Crippen molar-refractivity contribution in [3.05, 3.63) is 186 Å². The third kappa shape index (κ3) is 3.26. The Balaban J connectivity index is 1.26. The van der Waals surface area contributed by atoms with Gasteiger partial charge in [0.15, 0.2) is 0 Å². The first-order valence-corrected chi connectivity index (χ1v) is 17.3. The lowest BCUT2D eigenvalue weighted by atomic mass is 9.70. The Morgan fingerprint density at radius 3 is 1.94 bits per heavy atom. The van der Waals surface area contributed by atoms with Crippen LogP contribution >= 0.6 is 11.3 Å². The van der Waals surface area contributed by atoms with Crippen molar-refractivity contribution in [2.24, 2.45) is 0 Å². The molecule has 3 heteroatoms. The molecule has 9 aromatic rings. The van der Waals surface area contributed by atoms with Gasteiger partial charge in [-0.3, -0.25) is 0 Å². The van der Waals surface area contributed by atoms with E-state index in [-0.39, 0.29) is 0 Å².